The predicted molar refractivity (Wildman–Crippen MR) is 213 cm³/mol. The van der Waals surface area contributed by atoms with E-state index in [0.29, 0.717) is 35.5 Å². The summed E-state index contributed by atoms with van der Waals surface area (Å²) in [4.78, 5) is 25.6. The molecule has 0 radical (unpaired) electrons. The molecule has 2 aliphatic rings. The van der Waals surface area contributed by atoms with Crippen LogP contribution >= 0.6 is 11.6 Å². The predicted octanol–water partition coefficient (Wildman–Crippen LogP) is 10.5. The fraction of sp³-hybridized carbons (Fsp3) is 0.372. The summed E-state index contributed by atoms with van der Waals surface area (Å²) in [5, 5.41) is -0.662. The summed E-state index contributed by atoms with van der Waals surface area (Å²) in [5.41, 5.74) is -4.25. The number of aromatic nitrogens is 2. The average Bonchev–Trinajstić information content (AvgIpc) is 3.44. The molecule has 0 spiro atoms. The monoisotopic (exact) mass is 841 g/mol. The first-order valence-corrected chi connectivity index (χ1v) is 19.3. The number of piperazine rings is 1. The minimum atomic E-state index is -5.17. The zero-order chi connectivity index (χ0) is 42.6. The third-order valence-electron chi connectivity index (χ3n) is 10.6. The number of fused-ring (bicyclic) bond motifs is 3. The minimum Gasteiger partial charge on any atom is -0.497 e. The van der Waals surface area contributed by atoms with Crippen molar-refractivity contribution in [2.75, 3.05) is 37.1 Å². The van der Waals surface area contributed by atoms with Gasteiger partial charge in [0.15, 0.2) is 11.6 Å². The van der Waals surface area contributed by atoms with Crippen LogP contribution in [0.2, 0.25) is 5.02 Å². The summed E-state index contributed by atoms with van der Waals surface area (Å²) in [6.07, 6.45) is -5.78. The highest BCUT2D eigenvalue weighted by molar-refractivity contribution is 6.34. The highest BCUT2D eigenvalue weighted by Gasteiger charge is 2.45. The van der Waals surface area contributed by atoms with Gasteiger partial charge in [0.1, 0.15) is 28.4 Å². The van der Waals surface area contributed by atoms with Gasteiger partial charge in [-0.15, -0.1) is 0 Å². The first-order chi connectivity index (χ1) is 27.9. The molecule has 2 saturated heterocycles. The Balaban J connectivity index is 1.35. The molecule has 3 heterocycles. The van der Waals surface area contributed by atoms with Crippen molar-refractivity contribution < 1.29 is 45.3 Å². The fourth-order valence-electron chi connectivity index (χ4n) is 8.05. The summed E-state index contributed by atoms with van der Waals surface area (Å²) in [6, 6.07) is 15.3. The Bertz CT molecular complexity index is 2330. The molecule has 7 rings (SSSR count). The van der Waals surface area contributed by atoms with Gasteiger partial charge in [-0.25, -0.2) is 13.6 Å². The number of carbonyl (C=O) groups is 1. The maximum absolute atomic E-state index is 17.4. The second-order valence-corrected chi connectivity index (χ2v) is 16.2. The van der Waals surface area contributed by atoms with Gasteiger partial charge in [-0.1, -0.05) is 35.9 Å². The SMILES string of the molecule is COc1ccc(CN(Cc2ccc(OC)cc2)c2cc(C)c(C(F)(F)F)c(-c3c(Cl)cc4c(N5CC6CCC(C5)N6C(=O)OC(C)(C)C)nc(F)nc4c3F)c2F)cc1. The van der Waals surface area contributed by atoms with Gasteiger partial charge in [-0.3, -0.25) is 4.90 Å². The van der Waals surface area contributed by atoms with Gasteiger partial charge in [0, 0.05) is 42.7 Å². The number of alkyl halides is 3. The molecule has 0 N–H and O–H groups in total. The van der Waals surface area contributed by atoms with Crippen LogP contribution in [0.4, 0.5) is 42.6 Å². The molecule has 5 aromatic rings. The van der Waals surface area contributed by atoms with E-state index in [4.69, 9.17) is 25.8 Å². The van der Waals surface area contributed by atoms with Gasteiger partial charge in [0.2, 0.25) is 0 Å². The molecule has 312 valence electrons. The summed E-state index contributed by atoms with van der Waals surface area (Å²) >= 11 is 6.74. The molecule has 2 aliphatic heterocycles. The van der Waals surface area contributed by atoms with Crippen molar-refractivity contribution in [2.45, 2.75) is 77.5 Å². The largest absolute Gasteiger partial charge is 0.497 e. The summed E-state index contributed by atoms with van der Waals surface area (Å²) in [7, 11) is 3.01. The molecule has 2 fully saturated rings. The molecule has 2 atom stereocenters. The molecule has 4 aromatic carbocycles. The van der Waals surface area contributed by atoms with E-state index in [1.807, 2.05) is 0 Å². The Kier molecular flexibility index (Phi) is 11.3. The Morgan fingerprint density at radius 1 is 0.831 bits per heavy atom. The number of amides is 1. The maximum Gasteiger partial charge on any atom is 0.417 e. The van der Waals surface area contributed by atoms with E-state index in [1.54, 1.807) is 79.1 Å². The Labute approximate surface area is 342 Å². The summed E-state index contributed by atoms with van der Waals surface area (Å²) in [5.74, 6) is -1.78. The van der Waals surface area contributed by atoms with Crippen LogP contribution in [0.25, 0.3) is 22.0 Å². The van der Waals surface area contributed by atoms with Gasteiger partial charge in [0.05, 0.1) is 42.6 Å². The number of hydrogen-bond acceptors (Lipinski definition) is 8. The van der Waals surface area contributed by atoms with Gasteiger partial charge in [-0.05, 0) is 93.6 Å². The van der Waals surface area contributed by atoms with Crippen LogP contribution < -0.4 is 19.3 Å². The van der Waals surface area contributed by atoms with Gasteiger partial charge >= 0.3 is 18.3 Å². The van der Waals surface area contributed by atoms with E-state index in [-0.39, 0.29) is 55.2 Å². The van der Waals surface area contributed by atoms with Crippen molar-refractivity contribution in [1.29, 1.82) is 0 Å². The quantitative estimate of drug-likeness (QED) is 0.107. The van der Waals surface area contributed by atoms with Crippen molar-refractivity contribution in [3.8, 4) is 22.6 Å². The van der Waals surface area contributed by atoms with Crippen LogP contribution in [0.1, 0.15) is 55.9 Å². The third kappa shape index (κ3) is 8.39. The van der Waals surface area contributed by atoms with Crippen molar-refractivity contribution in [3.05, 3.63) is 106 Å². The molecule has 2 unspecified atom stereocenters. The standard InChI is InChI=1S/C43H42ClF6N5O4/c1-23-17-32(53(19-24-7-13-28(57-5)14-8-24)20-25-9-15-29(58-6)16-10-25)36(45)34(35(23)43(48,49)50)33-31(44)18-30-38(37(33)46)51-40(47)52-39(30)54-21-26-11-12-27(22-54)55(26)41(56)59-42(2,3)4/h7-10,13-18,26-27H,11-12,19-22H2,1-6H3. The van der Waals surface area contributed by atoms with E-state index in [2.05, 4.69) is 9.97 Å². The van der Waals surface area contributed by atoms with Crippen molar-refractivity contribution >= 4 is 40.1 Å². The van der Waals surface area contributed by atoms with Crippen LogP contribution in [0.3, 0.4) is 0 Å². The number of hydrogen-bond donors (Lipinski definition) is 0. The zero-order valence-corrected chi connectivity index (χ0v) is 33.9. The van der Waals surface area contributed by atoms with Crippen molar-refractivity contribution in [1.82, 2.24) is 14.9 Å². The van der Waals surface area contributed by atoms with Crippen LogP contribution in [0, 0.1) is 24.6 Å². The highest BCUT2D eigenvalue weighted by Crippen LogP contribution is 2.49. The number of carbonyl (C=O) groups excluding carboxylic acids is 1. The van der Waals surface area contributed by atoms with Crippen LogP contribution in [-0.4, -0.2) is 66.0 Å². The van der Waals surface area contributed by atoms with Gasteiger partial charge in [-0.2, -0.15) is 27.5 Å². The number of nitrogens with zero attached hydrogens (tertiary/aromatic N) is 5. The fourth-order valence-corrected chi connectivity index (χ4v) is 8.33. The summed E-state index contributed by atoms with van der Waals surface area (Å²) < 4.78 is 111. The first kappa shape index (κ1) is 41.7. The first-order valence-electron chi connectivity index (χ1n) is 18.9. The number of ether oxygens (including phenoxy) is 3. The maximum atomic E-state index is 17.4. The molecule has 1 amide bonds. The van der Waals surface area contributed by atoms with Gasteiger partial charge < -0.3 is 24.0 Å². The second kappa shape index (κ2) is 16.0. The Hall–Kier alpha value is -5.44. The average molecular weight is 842 g/mol. The lowest BCUT2D eigenvalue weighted by Crippen LogP contribution is -2.57. The molecule has 9 nitrogen and oxygen atoms in total. The number of anilines is 2. The molecule has 2 bridgehead atoms. The topological polar surface area (TPSA) is 80.3 Å². The van der Waals surface area contributed by atoms with E-state index in [1.165, 1.54) is 19.1 Å². The molecular formula is C43H42ClF6N5O4. The van der Waals surface area contributed by atoms with Crippen LogP contribution in [0.15, 0.2) is 60.7 Å². The molecular weight excluding hydrogens is 800 g/mol. The number of halogens is 7. The number of aryl methyl sites for hydroxylation is 1. The molecule has 0 saturated carbocycles. The van der Waals surface area contributed by atoms with E-state index < -0.39 is 68.4 Å². The van der Waals surface area contributed by atoms with Crippen molar-refractivity contribution in [2.24, 2.45) is 0 Å². The normalized spacial score (nSPS) is 16.8. The Morgan fingerprint density at radius 3 is 1.86 bits per heavy atom. The lowest BCUT2D eigenvalue weighted by Gasteiger charge is -2.42. The number of benzene rings is 4. The lowest BCUT2D eigenvalue weighted by atomic mass is 9.92. The van der Waals surface area contributed by atoms with Crippen LogP contribution in [0.5, 0.6) is 11.5 Å². The van der Waals surface area contributed by atoms with Crippen LogP contribution in [-0.2, 0) is 24.0 Å². The highest BCUT2D eigenvalue weighted by atomic mass is 35.5. The lowest BCUT2D eigenvalue weighted by molar-refractivity contribution is -0.137. The van der Waals surface area contributed by atoms with E-state index in [9.17, 15) is 4.79 Å². The smallest absolute Gasteiger partial charge is 0.417 e. The number of methoxy groups -OCH3 is 2. The summed E-state index contributed by atoms with van der Waals surface area (Å²) in [6.45, 7) is 6.83. The second-order valence-electron chi connectivity index (χ2n) is 15.8. The molecule has 59 heavy (non-hydrogen) atoms. The third-order valence-corrected chi connectivity index (χ3v) is 10.9. The van der Waals surface area contributed by atoms with Crippen molar-refractivity contribution in [3.63, 3.8) is 0 Å². The molecule has 0 aliphatic carbocycles. The molecule has 16 heteroatoms. The zero-order valence-electron chi connectivity index (χ0n) is 33.2. The minimum absolute atomic E-state index is 0.0239. The van der Waals surface area contributed by atoms with E-state index >= 15 is 26.3 Å². The molecule has 1 aromatic heterocycles. The van der Waals surface area contributed by atoms with Gasteiger partial charge in [0.25, 0.3) is 0 Å². The Morgan fingerprint density at radius 2 is 1.37 bits per heavy atom. The van der Waals surface area contributed by atoms with E-state index in [0.717, 1.165) is 19.1 Å². The number of rotatable bonds is 9.